The van der Waals surface area contributed by atoms with Gasteiger partial charge in [-0.15, -0.1) is 0 Å². The molecule has 2 aliphatic heterocycles. The van der Waals surface area contributed by atoms with Crippen LogP contribution < -0.4 is 0 Å². The lowest BCUT2D eigenvalue weighted by Crippen LogP contribution is -2.62. The van der Waals surface area contributed by atoms with Crippen molar-refractivity contribution in [1.29, 1.82) is 0 Å². The van der Waals surface area contributed by atoms with Crippen molar-refractivity contribution in [3.05, 3.63) is 0 Å². The SMILES string of the molecule is CC(C)CCCCN1CCC2(CC1)CN(C(=O)C(C)C)C2. The quantitative estimate of drug-likeness (QED) is 0.701. The maximum atomic E-state index is 12.0. The van der Waals surface area contributed by atoms with Crippen LogP contribution >= 0.6 is 0 Å². The lowest BCUT2D eigenvalue weighted by molar-refractivity contribution is -0.150. The standard InChI is InChI=1S/C18H34N2O/c1-15(2)7-5-6-10-19-11-8-18(9-12-19)13-20(14-18)17(21)16(3)4/h15-16H,5-14H2,1-4H3. The number of rotatable bonds is 6. The number of amides is 1. The molecular weight excluding hydrogens is 260 g/mol. The summed E-state index contributed by atoms with van der Waals surface area (Å²) in [5.41, 5.74) is 0.471. The maximum Gasteiger partial charge on any atom is 0.225 e. The highest BCUT2D eigenvalue weighted by atomic mass is 16.2. The van der Waals surface area contributed by atoms with Crippen molar-refractivity contribution in [2.24, 2.45) is 17.3 Å². The van der Waals surface area contributed by atoms with Crippen LogP contribution in [0.4, 0.5) is 0 Å². The van der Waals surface area contributed by atoms with E-state index in [9.17, 15) is 4.79 Å². The van der Waals surface area contributed by atoms with Crippen LogP contribution in [-0.4, -0.2) is 48.4 Å². The Morgan fingerprint density at radius 3 is 2.19 bits per heavy atom. The highest BCUT2D eigenvalue weighted by Gasteiger charge is 2.46. The predicted octanol–water partition coefficient (Wildman–Crippen LogP) is 3.39. The van der Waals surface area contributed by atoms with Gasteiger partial charge < -0.3 is 9.80 Å². The molecule has 0 radical (unpaired) electrons. The summed E-state index contributed by atoms with van der Waals surface area (Å²) in [4.78, 5) is 16.7. The number of unbranched alkanes of at least 4 members (excludes halogenated alkanes) is 1. The molecule has 1 spiro atoms. The van der Waals surface area contributed by atoms with Crippen molar-refractivity contribution in [3.63, 3.8) is 0 Å². The third-order valence-corrected chi connectivity index (χ3v) is 5.28. The van der Waals surface area contributed by atoms with Gasteiger partial charge in [0.1, 0.15) is 0 Å². The second-order valence-electron chi connectivity index (χ2n) is 8.08. The van der Waals surface area contributed by atoms with Gasteiger partial charge in [-0.2, -0.15) is 0 Å². The van der Waals surface area contributed by atoms with Crippen molar-refractivity contribution >= 4 is 5.91 Å². The monoisotopic (exact) mass is 294 g/mol. The van der Waals surface area contributed by atoms with Crippen molar-refractivity contribution in [2.75, 3.05) is 32.7 Å². The van der Waals surface area contributed by atoms with E-state index in [1.807, 2.05) is 13.8 Å². The molecule has 122 valence electrons. The smallest absolute Gasteiger partial charge is 0.225 e. The van der Waals surface area contributed by atoms with E-state index in [1.165, 1.54) is 51.7 Å². The Kier molecular flexibility index (Phi) is 5.70. The Balaban J connectivity index is 1.62. The van der Waals surface area contributed by atoms with Gasteiger partial charge in [0.2, 0.25) is 5.91 Å². The minimum atomic E-state index is 0.156. The van der Waals surface area contributed by atoms with Crippen molar-refractivity contribution in [1.82, 2.24) is 9.80 Å². The normalized spacial score (nSPS) is 22.1. The van der Waals surface area contributed by atoms with E-state index in [1.54, 1.807) is 0 Å². The van der Waals surface area contributed by atoms with E-state index in [0.29, 0.717) is 11.3 Å². The molecule has 0 unspecified atom stereocenters. The zero-order valence-electron chi connectivity index (χ0n) is 14.5. The number of carbonyl (C=O) groups excluding carboxylic acids is 1. The van der Waals surface area contributed by atoms with Crippen LogP contribution in [0.5, 0.6) is 0 Å². The number of piperidine rings is 1. The van der Waals surface area contributed by atoms with Crippen molar-refractivity contribution < 1.29 is 4.79 Å². The molecule has 0 aromatic rings. The summed E-state index contributed by atoms with van der Waals surface area (Å²) in [6, 6.07) is 0. The third kappa shape index (κ3) is 4.45. The Morgan fingerprint density at radius 1 is 1.05 bits per heavy atom. The highest BCUT2D eigenvalue weighted by molar-refractivity contribution is 5.79. The van der Waals surface area contributed by atoms with Gasteiger partial charge in [-0.1, -0.05) is 40.5 Å². The fourth-order valence-electron chi connectivity index (χ4n) is 3.74. The van der Waals surface area contributed by atoms with Crippen LogP contribution in [0.25, 0.3) is 0 Å². The Morgan fingerprint density at radius 2 is 1.67 bits per heavy atom. The van der Waals surface area contributed by atoms with Gasteiger partial charge in [-0.25, -0.2) is 0 Å². The Labute approximate surface area is 131 Å². The summed E-state index contributed by atoms with van der Waals surface area (Å²) in [7, 11) is 0. The number of likely N-dealkylation sites (tertiary alicyclic amines) is 2. The van der Waals surface area contributed by atoms with Gasteiger partial charge >= 0.3 is 0 Å². The molecule has 0 aliphatic carbocycles. The molecule has 2 heterocycles. The summed E-state index contributed by atoms with van der Waals surface area (Å²) in [5, 5.41) is 0. The number of hydrogen-bond acceptors (Lipinski definition) is 2. The summed E-state index contributed by atoms with van der Waals surface area (Å²) >= 11 is 0. The van der Waals surface area contributed by atoms with Crippen molar-refractivity contribution in [2.45, 2.75) is 59.8 Å². The van der Waals surface area contributed by atoms with Crippen LogP contribution in [-0.2, 0) is 4.79 Å². The van der Waals surface area contributed by atoms with Crippen LogP contribution in [0.15, 0.2) is 0 Å². The summed E-state index contributed by atoms with van der Waals surface area (Å²) in [6.07, 6.45) is 6.67. The number of nitrogens with zero attached hydrogens (tertiary/aromatic N) is 2. The lowest BCUT2D eigenvalue weighted by Gasteiger charge is -2.54. The van der Waals surface area contributed by atoms with Gasteiger partial charge in [0.15, 0.2) is 0 Å². The molecular formula is C18H34N2O. The third-order valence-electron chi connectivity index (χ3n) is 5.28. The van der Waals surface area contributed by atoms with Crippen LogP contribution in [0.3, 0.4) is 0 Å². The zero-order chi connectivity index (χ0) is 15.5. The minimum absolute atomic E-state index is 0.156. The zero-order valence-corrected chi connectivity index (χ0v) is 14.5. The van der Waals surface area contributed by atoms with E-state index in [-0.39, 0.29) is 5.92 Å². The van der Waals surface area contributed by atoms with Crippen LogP contribution in [0, 0.1) is 17.3 Å². The van der Waals surface area contributed by atoms with Gasteiger partial charge in [-0.3, -0.25) is 4.79 Å². The van der Waals surface area contributed by atoms with Crippen molar-refractivity contribution in [3.8, 4) is 0 Å². The molecule has 21 heavy (non-hydrogen) atoms. The van der Waals surface area contributed by atoms with E-state index < -0.39 is 0 Å². The molecule has 0 atom stereocenters. The fourth-order valence-corrected chi connectivity index (χ4v) is 3.74. The largest absolute Gasteiger partial charge is 0.341 e. The van der Waals surface area contributed by atoms with Gasteiger partial charge in [0, 0.05) is 24.4 Å². The molecule has 0 saturated carbocycles. The number of carbonyl (C=O) groups is 1. The molecule has 2 saturated heterocycles. The molecule has 1 amide bonds. The molecule has 2 aliphatic rings. The van der Waals surface area contributed by atoms with E-state index in [2.05, 4.69) is 23.6 Å². The Bertz CT molecular complexity index is 335. The molecule has 3 nitrogen and oxygen atoms in total. The maximum absolute atomic E-state index is 12.0. The first kappa shape index (κ1) is 16.8. The topological polar surface area (TPSA) is 23.6 Å². The second kappa shape index (κ2) is 7.13. The molecule has 0 aromatic heterocycles. The molecule has 2 rings (SSSR count). The van der Waals surface area contributed by atoms with E-state index in [0.717, 1.165) is 19.0 Å². The van der Waals surface area contributed by atoms with Crippen LogP contribution in [0.1, 0.15) is 59.8 Å². The first-order valence-corrected chi connectivity index (χ1v) is 8.93. The van der Waals surface area contributed by atoms with E-state index in [4.69, 9.17) is 0 Å². The van der Waals surface area contributed by atoms with E-state index >= 15 is 0 Å². The van der Waals surface area contributed by atoms with Gasteiger partial charge in [0.25, 0.3) is 0 Å². The molecule has 3 heteroatoms. The second-order valence-corrected chi connectivity index (χ2v) is 8.08. The first-order valence-electron chi connectivity index (χ1n) is 8.93. The molecule has 0 aromatic carbocycles. The Hall–Kier alpha value is -0.570. The first-order chi connectivity index (χ1) is 9.92. The number of hydrogen-bond donors (Lipinski definition) is 0. The lowest BCUT2D eigenvalue weighted by atomic mass is 9.71. The minimum Gasteiger partial charge on any atom is -0.341 e. The van der Waals surface area contributed by atoms with Crippen LogP contribution in [0.2, 0.25) is 0 Å². The molecule has 0 N–H and O–H groups in total. The average Bonchev–Trinajstić information content (AvgIpc) is 2.40. The summed E-state index contributed by atoms with van der Waals surface area (Å²) < 4.78 is 0. The summed E-state index contributed by atoms with van der Waals surface area (Å²) in [6.45, 7) is 14.4. The molecule has 2 fully saturated rings. The summed E-state index contributed by atoms with van der Waals surface area (Å²) in [5.74, 6) is 1.34. The molecule has 0 bridgehead atoms. The predicted molar refractivity (Wildman–Crippen MR) is 88.2 cm³/mol. The van der Waals surface area contributed by atoms with Gasteiger partial charge in [0.05, 0.1) is 0 Å². The van der Waals surface area contributed by atoms with Gasteiger partial charge in [-0.05, 0) is 44.8 Å². The highest BCUT2D eigenvalue weighted by Crippen LogP contribution is 2.40. The fraction of sp³-hybridized carbons (Fsp3) is 0.944. The average molecular weight is 294 g/mol.